The van der Waals surface area contributed by atoms with Gasteiger partial charge in [0.05, 0.1) is 13.0 Å². The van der Waals surface area contributed by atoms with E-state index in [4.69, 9.17) is 27.4 Å². The third kappa shape index (κ3) is 8.89. The Labute approximate surface area is 189 Å². The Hall–Kier alpha value is -3.46. The molecular formula is C18H31N7O8. The van der Waals surface area contributed by atoms with Crippen molar-refractivity contribution in [1.82, 2.24) is 15.5 Å². The minimum Gasteiger partial charge on any atom is -0.481 e. The highest BCUT2D eigenvalue weighted by atomic mass is 16.4. The minimum absolute atomic E-state index is 0.0219. The van der Waals surface area contributed by atoms with Crippen LogP contribution < -0.4 is 27.8 Å². The van der Waals surface area contributed by atoms with E-state index in [1.165, 1.54) is 0 Å². The summed E-state index contributed by atoms with van der Waals surface area (Å²) < 4.78 is 0. The van der Waals surface area contributed by atoms with E-state index in [-0.39, 0.29) is 38.3 Å². The molecule has 0 aromatic carbocycles. The quantitative estimate of drug-likeness (QED) is 0.0723. The predicted molar refractivity (Wildman–Crippen MR) is 113 cm³/mol. The number of carbonyl (C=O) groups is 5. The number of nitrogens with two attached hydrogens (primary N) is 3. The predicted octanol–water partition coefficient (Wildman–Crippen LogP) is -4.12. The maximum atomic E-state index is 13.1. The van der Waals surface area contributed by atoms with Crippen LogP contribution >= 0.6 is 0 Å². The molecule has 0 saturated carbocycles. The summed E-state index contributed by atoms with van der Waals surface area (Å²) in [4.78, 5) is 65.3. The molecule has 4 atom stereocenters. The van der Waals surface area contributed by atoms with Crippen molar-refractivity contribution in [3.05, 3.63) is 0 Å². The zero-order chi connectivity index (χ0) is 25.1. The summed E-state index contributed by atoms with van der Waals surface area (Å²) in [5, 5.41) is 32.0. The number of guanidine groups is 1. The van der Waals surface area contributed by atoms with Crippen molar-refractivity contribution in [3.63, 3.8) is 0 Å². The summed E-state index contributed by atoms with van der Waals surface area (Å²) in [6.07, 6.45) is 0.173. The van der Waals surface area contributed by atoms with Gasteiger partial charge in [0.25, 0.3) is 0 Å². The first-order chi connectivity index (χ1) is 15.5. The van der Waals surface area contributed by atoms with Crippen LogP contribution in [0.5, 0.6) is 0 Å². The number of hydrogen-bond donors (Lipinski definition) is 8. The number of carboxylic acids is 2. The molecule has 15 heteroatoms. The van der Waals surface area contributed by atoms with Gasteiger partial charge in [-0.15, -0.1) is 0 Å². The van der Waals surface area contributed by atoms with Gasteiger partial charge >= 0.3 is 11.9 Å². The van der Waals surface area contributed by atoms with Crippen molar-refractivity contribution >= 4 is 35.6 Å². The highest BCUT2D eigenvalue weighted by Gasteiger charge is 2.38. The summed E-state index contributed by atoms with van der Waals surface area (Å²) >= 11 is 0. The summed E-state index contributed by atoms with van der Waals surface area (Å²) in [6.45, 7) is -0.424. The Morgan fingerprint density at radius 2 is 1.70 bits per heavy atom. The molecule has 1 rings (SSSR count). The van der Waals surface area contributed by atoms with Gasteiger partial charge in [-0.25, -0.2) is 4.79 Å². The van der Waals surface area contributed by atoms with Crippen LogP contribution in [0.1, 0.15) is 32.1 Å². The van der Waals surface area contributed by atoms with Crippen LogP contribution in [0.4, 0.5) is 0 Å². The van der Waals surface area contributed by atoms with Crippen LogP contribution in [0.3, 0.4) is 0 Å². The third-order valence-electron chi connectivity index (χ3n) is 4.93. The monoisotopic (exact) mass is 473 g/mol. The maximum absolute atomic E-state index is 13.1. The first-order valence-corrected chi connectivity index (χ1v) is 10.3. The molecule has 1 saturated heterocycles. The lowest BCUT2D eigenvalue weighted by atomic mass is 10.1. The number of aliphatic hydroxyl groups excluding tert-OH is 1. The van der Waals surface area contributed by atoms with Gasteiger partial charge in [-0.1, -0.05) is 0 Å². The van der Waals surface area contributed by atoms with E-state index >= 15 is 0 Å². The van der Waals surface area contributed by atoms with Crippen molar-refractivity contribution in [2.24, 2.45) is 22.2 Å². The van der Waals surface area contributed by atoms with Crippen molar-refractivity contribution in [2.45, 2.75) is 56.3 Å². The molecule has 15 nitrogen and oxygen atoms in total. The van der Waals surface area contributed by atoms with Crippen LogP contribution in [0.2, 0.25) is 0 Å². The summed E-state index contributed by atoms with van der Waals surface area (Å²) in [7, 11) is 0. The molecule has 0 bridgehead atoms. The molecule has 4 unspecified atom stereocenters. The lowest BCUT2D eigenvalue weighted by molar-refractivity contribution is -0.149. The van der Waals surface area contributed by atoms with Crippen LogP contribution in [-0.2, 0) is 24.0 Å². The Bertz CT molecular complexity index is 771. The number of rotatable bonds is 13. The average molecular weight is 473 g/mol. The number of aliphatic carboxylic acids is 2. The zero-order valence-corrected chi connectivity index (χ0v) is 18.0. The number of amides is 3. The van der Waals surface area contributed by atoms with E-state index in [0.717, 1.165) is 4.90 Å². The second-order valence-corrected chi connectivity index (χ2v) is 7.49. The van der Waals surface area contributed by atoms with Gasteiger partial charge in [-0.05, 0) is 25.7 Å². The molecule has 0 aromatic rings. The Balaban J connectivity index is 3.03. The number of nitrogens with zero attached hydrogens (tertiary/aromatic N) is 2. The van der Waals surface area contributed by atoms with E-state index < -0.39 is 66.9 Å². The number of aliphatic hydroxyl groups is 1. The number of carboxylic acid groups (broad SMARTS) is 2. The summed E-state index contributed by atoms with van der Waals surface area (Å²) in [6, 6.07) is -5.24. The van der Waals surface area contributed by atoms with Gasteiger partial charge in [0.15, 0.2) is 5.96 Å². The minimum atomic E-state index is -1.59. The molecule has 11 N–H and O–H groups in total. The molecule has 0 spiro atoms. The summed E-state index contributed by atoms with van der Waals surface area (Å²) in [5.74, 6) is -5.36. The SMILES string of the molecule is NC(N)=NCCCC(NC(=O)C(CC(=O)O)NC(=O)C(N)CO)C(=O)N1CCCC1C(=O)O. The van der Waals surface area contributed by atoms with Crippen LogP contribution in [-0.4, -0.2) is 99.7 Å². The Kier molecular flexibility index (Phi) is 11.0. The topological polar surface area (TPSA) is 264 Å². The van der Waals surface area contributed by atoms with E-state index in [9.17, 15) is 29.1 Å². The maximum Gasteiger partial charge on any atom is 0.326 e. The number of likely N-dealkylation sites (tertiary alicyclic amines) is 1. The second kappa shape index (κ2) is 13.2. The van der Waals surface area contributed by atoms with Gasteiger partial charge in [0, 0.05) is 13.1 Å². The number of nitrogens with one attached hydrogen (secondary N) is 2. The van der Waals surface area contributed by atoms with E-state index in [1.807, 2.05) is 0 Å². The van der Waals surface area contributed by atoms with Gasteiger partial charge < -0.3 is 48.1 Å². The molecule has 1 heterocycles. The Morgan fingerprint density at radius 3 is 2.24 bits per heavy atom. The molecule has 0 aliphatic carbocycles. The molecule has 0 aromatic heterocycles. The smallest absolute Gasteiger partial charge is 0.326 e. The number of hydrogen-bond acceptors (Lipinski definition) is 8. The van der Waals surface area contributed by atoms with Gasteiger partial charge in [0.2, 0.25) is 17.7 Å². The van der Waals surface area contributed by atoms with E-state index in [1.54, 1.807) is 0 Å². The lowest BCUT2D eigenvalue weighted by Crippen LogP contribution is -2.57. The lowest BCUT2D eigenvalue weighted by Gasteiger charge is -2.28. The molecule has 1 fully saturated rings. The van der Waals surface area contributed by atoms with Gasteiger partial charge in [0.1, 0.15) is 24.2 Å². The average Bonchev–Trinajstić information content (AvgIpc) is 3.23. The van der Waals surface area contributed by atoms with Gasteiger partial charge in [-0.3, -0.25) is 24.2 Å². The van der Waals surface area contributed by atoms with Crippen molar-refractivity contribution < 1.29 is 39.3 Å². The van der Waals surface area contributed by atoms with Crippen LogP contribution in [0, 0.1) is 0 Å². The molecule has 186 valence electrons. The Morgan fingerprint density at radius 1 is 1.06 bits per heavy atom. The highest BCUT2D eigenvalue weighted by Crippen LogP contribution is 2.19. The zero-order valence-electron chi connectivity index (χ0n) is 18.0. The van der Waals surface area contributed by atoms with Crippen molar-refractivity contribution in [2.75, 3.05) is 19.7 Å². The normalized spacial score (nSPS) is 18.0. The van der Waals surface area contributed by atoms with Crippen molar-refractivity contribution in [3.8, 4) is 0 Å². The van der Waals surface area contributed by atoms with Gasteiger partial charge in [-0.2, -0.15) is 0 Å². The summed E-state index contributed by atoms with van der Waals surface area (Å²) in [5.41, 5.74) is 15.9. The standard InChI is InChI=1S/C18H31N7O8/c19-9(8-26)14(29)24-11(7-13(27)28)15(30)23-10(3-1-5-22-18(20)21)16(31)25-6-2-4-12(25)17(32)33/h9-12,26H,1-8,19H2,(H,23,30)(H,24,29)(H,27,28)(H,32,33)(H4,20,21,22). The number of aliphatic imine (C=N–C) groups is 1. The molecule has 0 radical (unpaired) electrons. The third-order valence-corrected chi connectivity index (χ3v) is 4.93. The van der Waals surface area contributed by atoms with Crippen molar-refractivity contribution in [1.29, 1.82) is 0 Å². The fraction of sp³-hybridized carbons (Fsp3) is 0.667. The number of carbonyl (C=O) groups excluding carboxylic acids is 3. The highest BCUT2D eigenvalue weighted by molar-refractivity contribution is 5.95. The van der Waals surface area contributed by atoms with E-state index in [2.05, 4.69) is 15.6 Å². The molecule has 3 amide bonds. The molecule has 1 aliphatic rings. The fourth-order valence-corrected chi connectivity index (χ4v) is 3.27. The second-order valence-electron chi connectivity index (χ2n) is 7.49. The van der Waals surface area contributed by atoms with Crippen LogP contribution in [0.25, 0.3) is 0 Å². The largest absolute Gasteiger partial charge is 0.481 e. The first kappa shape index (κ1) is 27.6. The van der Waals surface area contributed by atoms with E-state index in [0.29, 0.717) is 6.42 Å². The molecular weight excluding hydrogens is 442 g/mol. The first-order valence-electron chi connectivity index (χ1n) is 10.3. The van der Waals surface area contributed by atoms with Crippen LogP contribution in [0.15, 0.2) is 4.99 Å². The fourth-order valence-electron chi connectivity index (χ4n) is 3.27. The molecule has 33 heavy (non-hydrogen) atoms. The molecule has 1 aliphatic heterocycles.